The number of benzene rings is 2. The van der Waals surface area contributed by atoms with E-state index in [1.54, 1.807) is 12.2 Å². The second kappa shape index (κ2) is 7.98. The van der Waals surface area contributed by atoms with E-state index in [1.807, 2.05) is 74.5 Å². The Bertz CT molecular complexity index is 609. The number of hydrogen-bond donors (Lipinski definition) is 0. The predicted molar refractivity (Wildman–Crippen MR) is 89.0 cm³/mol. The average Bonchev–Trinajstić information content (AvgIpc) is 2.43. The largest absolute Gasteiger partial charge is 0.412 e. The summed E-state index contributed by atoms with van der Waals surface area (Å²) in [6.45, 7) is 4.08. The molecule has 0 bridgehead atoms. The van der Waals surface area contributed by atoms with Gasteiger partial charge < -0.3 is 5.48 Å². The highest BCUT2D eigenvalue weighted by atomic mass is 16.1. The van der Waals surface area contributed by atoms with Gasteiger partial charge in [0.1, 0.15) is 0 Å². The van der Waals surface area contributed by atoms with Crippen LogP contribution in [0, 0.1) is 13.8 Å². The van der Waals surface area contributed by atoms with Crippen molar-refractivity contribution in [1.82, 2.24) is 0 Å². The Morgan fingerprint density at radius 3 is 1.62 bits per heavy atom. The first-order valence-electron chi connectivity index (χ1n) is 6.67. The molecule has 0 aliphatic heterocycles. The van der Waals surface area contributed by atoms with Gasteiger partial charge in [0.25, 0.3) is 0 Å². The number of carbonyl (C=O) groups is 1. The third-order valence-electron chi connectivity index (χ3n) is 2.96. The first-order valence-corrected chi connectivity index (χ1v) is 6.67. The molecule has 2 heteroatoms. The predicted octanol–water partition coefficient (Wildman–Crippen LogP) is 3.77. The summed E-state index contributed by atoms with van der Waals surface area (Å²) < 4.78 is 0. The van der Waals surface area contributed by atoms with Crippen LogP contribution in [-0.2, 0) is 4.79 Å². The Labute approximate surface area is 125 Å². The van der Waals surface area contributed by atoms with E-state index in [9.17, 15) is 4.79 Å². The zero-order valence-electron chi connectivity index (χ0n) is 12.3. The Morgan fingerprint density at radius 1 is 0.810 bits per heavy atom. The zero-order valence-corrected chi connectivity index (χ0v) is 12.3. The molecule has 2 aromatic rings. The third kappa shape index (κ3) is 5.59. The maximum absolute atomic E-state index is 11.8. The molecule has 0 atom stereocenters. The van der Waals surface area contributed by atoms with Gasteiger partial charge in [-0.1, -0.05) is 71.8 Å². The molecule has 0 fully saturated rings. The van der Waals surface area contributed by atoms with Gasteiger partial charge in [0.2, 0.25) is 0 Å². The molecule has 2 aromatic carbocycles. The minimum absolute atomic E-state index is 0. The minimum atomic E-state index is -0.00647. The zero-order chi connectivity index (χ0) is 14.4. The maximum atomic E-state index is 11.8. The molecule has 2 nitrogen and oxygen atoms in total. The summed E-state index contributed by atoms with van der Waals surface area (Å²) in [5.74, 6) is -0.00647. The Hall–Kier alpha value is -2.45. The standard InChI is InChI=1S/C19H18O.H2O/c1-15-5-3-7-17(13-15)9-11-19(20)12-10-18-8-4-6-16(2)14-18;/h3-14H,1-2H3;1H2/b11-9+,12-10+;. The van der Waals surface area contributed by atoms with Gasteiger partial charge in [-0.25, -0.2) is 0 Å². The second-order valence-electron chi connectivity index (χ2n) is 4.90. The number of allylic oxidation sites excluding steroid dienone is 2. The molecule has 0 aliphatic carbocycles. The van der Waals surface area contributed by atoms with Gasteiger partial charge in [-0.15, -0.1) is 0 Å². The van der Waals surface area contributed by atoms with Crippen molar-refractivity contribution < 1.29 is 10.3 Å². The van der Waals surface area contributed by atoms with Gasteiger partial charge in [-0.05, 0) is 37.1 Å². The second-order valence-corrected chi connectivity index (χ2v) is 4.90. The van der Waals surface area contributed by atoms with Crippen LogP contribution >= 0.6 is 0 Å². The van der Waals surface area contributed by atoms with Crippen LogP contribution in [0.15, 0.2) is 60.7 Å². The minimum Gasteiger partial charge on any atom is -0.412 e. The first-order chi connectivity index (χ1) is 9.63. The van der Waals surface area contributed by atoms with Gasteiger partial charge >= 0.3 is 0 Å². The third-order valence-corrected chi connectivity index (χ3v) is 2.96. The molecular weight excluding hydrogens is 260 g/mol. The van der Waals surface area contributed by atoms with Gasteiger partial charge in [0, 0.05) is 0 Å². The van der Waals surface area contributed by atoms with Gasteiger partial charge in [-0.3, -0.25) is 4.79 Å². The molecule has 2 N–H and O–H groups in total. The number of rotatable bonds is 4. The number of carbonyl (C=O) groups excluding carboxylic acids is 1. The Morgan fingerprint density at radius 2 is 1.24 bits per heavy atom. The van der Waals surface area contributed by atoms with E-state index in [-0.39, 0.29) is 11.3 Å². The molecule has 0 aliphatic rings. The van der Waals surface area contributed by atoms with Crippen LogP contribution in [0.5, 0.6) is 0 Å². The van der Waals surface area contributed by atoms with Crippen molar-refractivity contribution in [2.75, 3.05) is 0 Å². The molecule has 108 valence electrons. The molecule has 0 unspecified atom stereocenters. The van der Waals surface area contributed by atoms with Crippen LogP contribution in [-0.4, -0.2) is 11.3 Å². The van der Waals surface area contributed by atoms with Crippen LogP contribution in [0.25, 0.3) is 12.2 Å². The molecule has 0 amide bonds. The highest BCUT2D eigenvalue weighted by Crippen LogP contribution is 2.07. The fourth-order valence-electron chi connectivity index (χ4n) is 1.96. The van der Waals surface area contributed by atoms with Crippen molar-refractivity contribution in [2.24, 2.45) is 0 Å². The number of aryl methyl sites for hydroxylation is 2. The molecule has 0 spiro atoms. The highest BCUT2D eigenvalue weighted by Gasteiger charge is 1.92. The van der Waals surface area contributed by atoms with Gasteiger partial charge in [0.05, 0.1) is 0 Å². The van der Waals surface area contributed by atoms with Crippen molar-refractivity contribution in [3.8, 4) is 0 Å². The van der Waals surface area contributed by atoms with Crippen LogP contribution in [0.3, 0.4) is 0 Å². The SMILES string of the molecule is Cc1cccc(/C=C/C(=O)/C=C/c2cccc(C)c2)c1.O. The van der Waals surface area contributed by atoms with Crippen molar-refractivity contribution >= 4 is 17.9 Å². The van der Waals surface area contributed by atoms with E-state index < -0.39 is 0 Å². The van der Waals surface area contributed by atoms with Crippen molar-refractivity contribution in [2.45, 2.75) is 13.8 Å². The molecule has 0 radical (unpaired) electrons. The van der Waals surface area contributed by atoms with Crippen molar-refractivity contribution in [1.29, 1.82) is 0 Å². The summed E-state index contributed by atoms with van der Waals surface area (Å²) in [7, 11) is 0. The fourth-order valence-corrected chi connectivity index (χ4v) is 1.96. The Balaban J connectivity index is 0.00000220. The molecule has 0 saturated heterocycles. The molecule has 0 heterocycles. The van der Waals surface area contributed by atoms with E-state index in [0.29, 0.717) is 0 Å². The summed E-state index contributed by atoms with van der Waals surface area (Å²) in [6.07, 6.45) is 6.88. The molecular formula is C19H20O2. The highest BCUT2D eigenvalue weighted by molar-refractivity contribution is 6.04. The molecule has 2 rings (SSSR count). The summed E-state index contributed by atoms with van der Waals surface area (Å²) in [6, 6.07) is 16.1. The lowest BCUT2D eigenvalue weighted by Gasteiger charge is -1.95. The molecule has 21 heavy (non-hydrogen) atoms. The van der Waals surface area contributed by atoms with E-state index in [4.69, 9.17) is 0 Å². The topological polar surface area (TPSA) is 48.6 Å². The number of ketones is 1. The summed E-state index contributed by atoms with van der Waals surface area (Å²) in [5.41, 5.74) is 4.47. The van der Waals surface area contributed by atoms with E-state index >= 15 is 0 Å². The molecule has 0 saturated carbocycles. The van der Waals surface area contributed by atoms with Crippen LogP contribution < -0.4 is 0 Å². The van der Waals surface area contributed by atoms with Crippen LogP contribution in [0.4, 0.5) is 0 Å². The van der Waals surface area contributed by atoms with Gasteiger partial charge in [-0.2, -0.15) is 0 Å². The first kappa shape index (κ1) is 16.6. The number of hydrogen-bond acceptors (Lipinski definition) is 1. The van der Waals surface area contributed by atoms with E-state index in [2.05, 4.69) is 0 Å². The smallest absolute Gasteiger partial charge is 0.178 e. The quantitative estimate of drug-likeness (QED) is 0.786. The lowest BCUT2D eigenvalue weighted by atomic mass is 10.1. The average molecular weight is 280 g/mol. The fraction of sp³-hybridized carbons (Fsp3) is 0.105. The normalized spacial score (nSPS) is 10.8. The van der Waals surface area contributed by atoms with Crippen LogP contribution in [0.1, 0.15) is 22.3 Å². The monoisotopic (exact) mass is 280 g/mol. The Kier molecular flexibility index (Phi) is 6.31. The molecule has 0 aromatic heterocycles. The lowest BCUT2D eigenvalue weighted by molar-refractivity contribution is -0.110. The van der Waals surface area contributed by atoms with Crippen LogP contribution in [0.2, 0.25) is 0 Å². The van der Waals surface area contributed by atoms with E-state index in [1.165, 1.54) is 11.1 Å². The van der Waals surface area contributed by atoms with Crippen molar-refractivity contribution in [3.05, 3.63) is 82.9 Å². The van der Waals surface area contributed by atoms with E-state index in [0.717, 1.165) is 11.1 Å². The summed E-state index contributed by atoms with van der Waals surface area (Å²) in [4.78, 5) is 11.8. The van der Waals surface area contributed by atoms with Crippen molar-refractivity contribution in [3.63, 3.8) is 0 Å². The van der Waals surface area contributed by atoms with Gasteiger partial charge in [0.15, 0.2) is 5.78 Å². The lowest BCUT2D eigenvalue weighted by Crippen LogP contribution is -1.85. The maximum Gasteiger partial charge on any atom is 0.178 e. The summed E-state index contributed by atoms with van der Waals surface area (Å²) >= 11 is 0. The summed E-state index contributed by atoms with van der Waals surface area (Å²) in [5, 5.41) is 0.